The number of hydrogen-bond donors (Lipinski definition) is 3. The molecule has 56 valence electrons. The fourth-order valence-electron chi connectivity index (χ4n) is 0. The van der Waals surface area contributed by atoms with E-state index in [9.17, 15) is 0 Å². The van der Waals surface area contributed by atoms with Gasteiger partial charge in [-0.3, -0.25) is 0 Å². The normalized spacial score (nSPS) is 7.55. The summed E-state index contributed by atoms with van der Waals surface area (Å²) in [6.07, 6.45) is -1.83. The molecule has 0 saturated heterocycles. The largest absolute Gasteiger partial charge is 1.00 e. The van der Waals surface area contributed by atoms with E-state index in [1.807, 2.05) is 0 Å². The van der Waals surface area contributed by atoms with Gasteiger partial charge in [-0.1, -0.05) is 0 Å². The van der Waals surface area contributed by atoms with Crippen LogP contribution in [0.2, 0.25) is 0 Å². The SMILES string of the molecule is O=C(O)O.O=P([O-])([O-])O.[Cs+].[Na+]. The van der Waals surface area contributed by atoms with Gasteiger partial charge in [0, 0.05) is 0 Å². The van der Waals surface area contributed by atoms with E-state index in [0.717, 1.165) is 0 Å². The zero-order valence-corrected chi connectivity index (χ0v) is 15.1. The Hall–Kier alpha value is 2.43. The van der Waals surface area contributed by atoms with Crippen molar-refractivity contribution in [2.45, 2.75) is 0 Å². The van der Waals surface area contributed by atoms with Gasteiger partial charge >= 0.3 is 105 Å². The summed E-state index contributed by atoms with van der Waals surface area (Å²) in [5.41, 5.74) is 0. The van der Waals surface area contributed by atoms with E-state index in [1.165, 1.54) is 0 Å². The van der Waals surface area contributed by atoms with Crippen molar-refractivity contribution in [1.82, 2.24) is 0 Å². The molecule has 0 unspecified atom stereocenters. The van der Waals surface area contributed by atoms with Gasteiger partial charge in [0.2, 0.25) is 0 Å². The van der Waals surface area contributed by atoms with Crippen molar-refractivity contribution in [2.24, 2.45) is 0 Å². The molecular formula is CH3CsNaO7P. The van der Waals surface area contributed by atoms with Crippen LogP contribution in [0.3, 0.4) is 0 Å². The van der Waals surface area contributed by atoms with Crippen LogP contribution in [0.1, 0.15) is 0 Å². The summed E-state index contributed by atoms with van der Waals surface area (Å²) in [4.78, 5) is 32.8. The first-order valence-corrected chi connectivity index (χ1v) is 2.89. The van der Waals surface area contributed by atoms with Crippen LogP contribution in [-0.4, -0.2) is 21.3 Å². The monoisotopic (exact) mass is 314 g/mol. The van der Waals surface area contributed by atoms with E-state index in [1.54, 1.807) is 0 Å². The molecule has 0 amide bonds. The third-order valence-corrected chi connectivity index (χ3v) is 0. The fourth-order valence-corrected chi connectivity index (χ4v) is 0. The predicted octanol–water partition coefficient (Wildman–Crippen LogP) is -7.96. The summed E-state index contributed by atoms with van der Waals surface area (Å²) in [5, 5.41) is 13.9. The van der Waals surface area contributed by atoms with E-state index in [2.05, 4.69) is 0 Å². The first-order valence-electron chi connectivity index (χ1n) is 1.40. The Morgan fingerprint density at radius 3 is 1.27 bits per heavy atom. The Morgan fingerprint density at radius 2 is 1.27 bits per heavy atom. The Bertz CT molecular complexity index is 118. The number of phosphoric acid groups is 1. The number of carbonyl (C=O) groups is 1. The van der Waals surface area contributed by atoms with Gasteiger partial charge in [-0.25, -0.2) is 4.79 Å². The Balaban J connectivity index is -0.0000000383. The van der Waals surface area contributed by atoms with Gasteiger partial charge in [0.05, 0.1) is 7.82 Å². The van der Waals surface area contributed by atoms with Crippen molar-refractivity contribution < 1.29 is 133 Å². The first kappa shape index (κ1) is 23.3. The van der Waals surface area contributed by atoms with Gasteiger partial charge < -0.3 is 29.5 Å². The van der Waals surface area contributed by atoms with Crippen molar-refractivity contribution in [2.75, 3.05) is 0 Å². The second-order valence-corrected chi connectivity index (χ2v) is 1.69. The van der Waals surface area contributed by atoms with Gasteiger partial charge in [-0.05, 0) is 0 Å². The minimum absolute atomic E-state index is 0. The molecular weight excluding hydrogens is 311 g/mol. The van der Waals surface area contributed by atoms with E-state index in [-0.39, 0.29) is 98.5 Å². The zero-order chi connectivity index (χ0) is 8.08. The molecule has 0 spiro atoms. The van der Waals surface area contributed by atoms with Crippen LogP contribution in [0.4, 0.5) is 4.79 Å². The zero-order valence-electron chi connectivity index (χ0n) is 5.92. The molecule has 0 aromatic carbocycles. The van der Waals surface area contributed by atoms with Crippen molar-refractivity contribution in [3.05, 3.63) is 0 Å². The summed E-state index contributed by atoms with van der Waals surface area (Å²) in [5.74, 6) is 0. The molecule has 0 saturated carbocycles. The summed E-state index contributed by atoms with van der Waals surface area (Å²) in [6, 6.07) is 0. The average Bonchev–Trinajstić information content (AvgIpc) is 1.19. The van der Waals surface area contributed by atoms with Crippen molar-refractivity contribution in [3.8, 4) is 0 Å². The molecule has 0 atom stereocenters. The second-order valence-electron chi connectivity index (χ2n) is 0.751. The number of hydrogen-bond acceptors (Lipinski definition) is 4. The standard InChI is InChI=1S/CH2O3.Cs.Na.H3O4P/c2-1(3)4;;;1-5(2,3)4/h(H2,2,3,4);;;(H3,1,2,3,4)/q;2*+1;/p-2. The predicted molar refractivity (Wildman–Crippen MR) is 20.5 cm³/mol. The molecule has 0 aromatic heterocycles. The second kappa shape index (κ2) is 12.4. The van der Waals surface area contributed by atoms with Crippen LogP contribution in [0, 0.1) is 0 Å². The van der Waals surface area contributed by atoms with Crippen LogP contribution in [0.15, 0.2) is 0 Å². The molecule has 0 aromatic rings. The molecule has 3 N–H and O–H groups in total. The van der Waals surface area contributed by atoms with E-state index >= 15 is 0 Å². The maximum atomic E-state index is 8.66. The Labute approximate surface area is 143 Å². The van der Waals surface area contributed by atoms with Gasteiger partial charge in [0.25, 0.3) is 0 Å². The molecule has 0 aliphatic rings. The molecule has 0 heterocycles. The molecule has 10 heteroatoms. The maximum absolute atomic E-state index is 8.66. The molecule has 7 nitrogen and oxygen atoms in total. The molecule has 0 radical (unpaired) electrons. The minimum atomic E-state index is -5.14. The third kappa shape index (κ3) is 229. The summed E-state index contributed by atoms with van der Waals surface area (Å²) in [7, 11) is -5.14. The maximum Gasteiger partial charge on any atom is 1.00 e. The van der Waals surface area contributed by atoms with Crippen LogP contribution < -0.4 is 108 Å². The molecule has 0 rings (SSSR count). The number of rotatable bonds is 0. The van der Waals surface area contributed by atoms with Crippen LogP contribution in [-0.2, 0) is 4.57 Å². The number of carboxylic acid groups (broad SMARTS) is 2. The Kier molecular flexibility index (Phi) is 26.4. The Morgan fingerprint density at radius 1 is 1.27 bits per heavy atom. The quantitative estimate of drug-likeness (QED) is 0.298. The summed E-state index contributed by atoms with van der Waals surface area (Å²) >= 11 is 0. The first-order chi connectivity index (χ1) is 3.73. The third-order valence-electron chi connectivity index (χ3n) is 0. The smallest absolute Gasteiger partial charge is 0.790 e. The van der Waals surface area contributed by atoms with Gasteiger partial charge in [-0.2, -0.15) is 0 Å². The molecule has 0 fully saturated rings. The van der Waals surface area contributed by atoms with Gasteiger partial charge in [0.15, 0.2) is 0 Å². The molecule has 0 aliphatic carbocycles. The summed E-state index contributed by atoms with van der Waals surface area (Å²) in [6.45, 7) is 0. The average molecular weight is 314 g/mol. The van der Waals surface area contributed by atoms with Crippen molar-refractivity contribution in [3.63, 3.8) is 0 Å². The van der Waals surface area contributed by atoms with Crippen molar-refractivity contribution in [1.29, 1.82) is 0 Å². The van der Waals surface area contributed by atoms with E-state index < -0.39 is 14.0 Å². The van der Waals surface area contributed by atoms with Crippen molar-refractivity contribution >= 4 is 14.0 Å². The molecule has 0 aliphatic heterocycles. The fraction of sp³-hybridized carbons (Fsp3) is 0. The topological polar surface area (TPSA) is 141 Å². The minimum Gasteiger partial charge on any atom is -0.790 e. The van der Waals surface area contributed by atoms with E-state index in [4.69, 9.17) is 34.3 Å². The van der Waals surface area contributed by atoms with Gasteiger partial charge in [-0.15, -0.1) is 0 Å². The van der Waals surface area contributed by atoms with Crippen LogP contribution in [0.25, 0.3) is 0 Å². The van der Waals surface area contributed by atoms with E-state index in [0.29, 0.717) is 0 Å². The van der Waals surface area contributed by atoms with Crippen LogP contribution >= 0.6 is 7.82 Å². The van der Waals surface area contributed by atoms with Crippen LogP contribution in [0.5, 0.6) is 0 Å². The molecule has 11 heavy (non-hydrogen) atoms. The summed E-state index contributed by atoms with van der Waals surface area (Å²) < 4.78 is 8.66. The molecule has 0 bridgehead atoms. The van der Waals surface area contributed by atoms with Gasteiger partial charge in [0.1, 0.15) is 0 Å².